The molecule has 1 aliphatic heterocycles. The van der Waals surface area contributed by atoms with Crippen molar-refractivity contribution in [1.29, 1.82) is 0 Å². The third kappa shape index (κ3) is 2.19. The van der Waals surface area contributed by atoms with Gasteiger partial charge in [0.2, 0.25) is 10.0 Å². The van der Waals surface area contributed by atoms with Crippen molar-refractivity contribution in [3.8, 4) is 0 Å². The van der Waals surface area contributed by atoms with Gasteiger partial charge in [0.25, 0.3) is 0 Å². The molecule has 1 saturated heterocycles. The summed E-state index contributed by atoms with van der Waals surface area (Å²) in [6.07, 6.45) is 0.489. The summed E-state index contributed by atoms with van der Waals surface area (Å²) in [6, 6.07) is 1.13. The van der Waals surface area contributed by atoms with Gasteiger partial charge in [-0.25, -0.2) is 12.8 Å². The number of β-amino-alcohol motifs (C(OH)–C–C–N with tert-alkyl or cyclic N) is 1. The Morgan fingerprint density at radius 2 is 2.00 bits per heavy atom. The van der Waals surface area contributed by atoms with Gasteiger partial charge in [-0.15, -0.1) is 0 Å². The number of rotatable bonds is 3. The van der Waals surface area contributed by atoms with E-state index in [1.54, 1.807) is 6.92 Å². The van der Waals surface area contributed by atoms with Gasteiger partial charge < -0.3 is 10.8 Å². The molecule has 5 nitrogen and oxygen atoms in total. The largest absolute Gasteiger partial charge is 0.396 e. The van der Waals surface area contributed by atoms with Gasteiger partial charge in [-0.05, 0) is 37.5 Å². The summed E-state index contributed by atoms with van der Waals surface area (Å²) in [5, 5.41) is 9.95. The normalized spacial score (nSPS) is 18.9. The van der Waals surface area contributed by atoms with Crippen LogP contribution in [0.25, 0.3) is 0 Å². The maximum absolute atomic E-state index is 13.5. The fourth-order valence-corrected chi connectivity index (χ4v) is 4.50. The van der Waals surface area contributed by atoms with E-state index in [-0.39, 0.29) is 29.2 Å². The Balaban J connectivity index is 2.45. The minimum absolute atomic E-state index is 0.0366. The quantitative estimate of drug-likeness (QED) is 0.821. The van der Waals surface area contributed by atoms with Crippen LogP contribution in [0.1, 0.15) is 24.5 Å². The lowest BCUT2D eigenvalue weighted by molar-refractivity contribution is -0.0613. The van der Waals surface area contributed by atoms with Crippen molar-refractivity contribution in [1.82, 2.24) is 4.31 Å². The molecule has 2 rings (SSSR count). The second-order valence-corrected chi connectivity index (χ2v) is 7.27. The molecule has 1 aliphatic rings. The molecule has 1 aromatic carbocycles. The molecule has 0 spiro atoms. The van der Waals surface area contributed by atoms with Crippen LogP contribution in [-0.2, 0) is 10.0 Å². The summed E-state index contributed by atoms with van der Waals surface area (Å²) in [4.78, 5) is 0.0366. The standard InChI is InChI=1S/C13H19FN2O3S/c1-4-13(17)6-16(7-13)20(18,19)12-8(2)5-10(14)11(15)9(12)3/h5,17H,4,6-7,15H2,1-3H3. The van der Waals surface area contributed by atoms with Crippen LogP contribution in [0.5, 0.6) is 0 Å². The Bertz CT molecular complexity index is 652. The topological polar surface area (TPSA) is 83.6 Å². The molecule has 0 radical (unpaired) electrons. The number of nitrogens with two attached hydrogens (primary N) is 1. The van der Waals surface area contributed by atoms with Crippen LogP contribution < -0.4 is 5.73 Å². The van der Waals surface area contributed by atoms with Crippen LogP contribution in [0.15, 0.2) is 11.0 Å². The highest BCUT2D eigenvalue weighted by Crippen LogP contribution is 2.35. The van der Waals surface area contributed by atoms with Crippen molar-refractivity contribution in [3.05, 3.63) is 23.0 Å². The number of benzene rings is 1. The predicted molar refractivity (Wildman–Crippen MR) is 74.3 cm³/mol. The predicted octanol–water partition coefficient (Wildman–Crippen LogP) is 1.17. The first-order valence-electron chi connectivity index (χ1n) is 6.40. The van der Waals surface area contributed by atoms with Gasteiger partial charge >= 0.3 is 0 Å². The fourth-order valence-electron chi connectivity index (χ4n) is 2.46. The Kier molecular flexibility index (Phi) is 3.56. The molecule has 0 atom stereocenters. The zero-order chi connectivity index (χ0) is 15.3. The van der Waals surface area contributed by atoms with Gasteiger partial charge in [-0.1, -0.05) is 6.92 Å². The van der Waals surface area contributed by atoms with E-state index in [9.17, 15) is 17.9 Å². The van der Waals surface area contributed by atoms with Gasteiger partial charge in [-0.3, -0.25) is 0 Å². The van der Waals surface area contributed by atoms with E-state index in [1.807, 2.05) is 0 Å². The van der Waals surface area contributed by atoms with Gasteiger partial charge in [0, 0.05) is 13.1 Å². The summed E-state index contributed by atoms with van der Waals surface area (Å²) < 4.78 is 39.8. The van der Waals surface area contributed by atoms with Crippen molar-refractivity contribution in [2.24, 2.45) is 0 Å². The number of aryl methyl sites for hydroxylation is 1. The molecule has 0 saturated carbocycles. The zero-order valence-corrected chi connectivity index (χ0v) is 12.6. The van der Waals surface area contributed by atoms with E-state index >= 15 is 0 Å². The summed E-state index contributed by atoms with van der Waals surface area (Å²) in [7, 11) is -3.76. The summed E-state index contributed by atoms with van der Waals surface area (Å²) >= 11 is 0. The summed E-state index contributed by atoms with van der Waals surface area (Å²) in [6.45, 7) is 4.94. The van der Waals surface area contributed by atoms with Crippen LogP contribution in [0, 0.1) is 19.7 Å². The maximum Gasteiger partial charge on any atom is 0.243 e. The van der Waals surface area contributed by atoms with E-state index < -0.39 is 21.4 Å². The second-order valence-electron chi connectivity index (χ2n) is 5.39. The number of nitrogen functional groups attached to an aromatic ring is 1. The van der Waals surface area contributed by atoms with Crippen molar-refractivity contribution < 1.29 is 17.9 Å². The molecule has 0 bridgehead atoms. The minimum atomic E-state index is -3.76. The number of hydrogen-bond donors (Lipinski definition) is 2. The van der Waals surface area contributed by atoms with Crippen LogP contribution >= 0.6 is 0 Å². The van der Waals surface area contributed by atoms with Gasteiger partial charge in [-0.2, -0.15) is 4.31 Å². The average Bonchev–Trinajstić information content (AvgIpc) is 2.31. The van der Waals surface area contributed by atoms with E-state index in [0.29, 0.717) is 12.0 Å². The highest BCUT2D eigenvalue weighted by molar-refractivity contribution is 7.89. The average molecular weight is 302 g/mol. The molecule has 20 heavy (non-hydrogen) atoms. The fraction of sp³-hybridized carbons (Fsp3) is 0.538. The molecule has 1 heterocycles. The lowest BCUT2D eigenvalue weighted by Crippen LogP contribution is -2.63. The third-order valence-electron chi connectivity index (χ3n) is 3.90. The molecule has 0 aromatic heterocycles. The first-order valence-corrected chi connectivity index (χ1v) is 7.84. The molecule has 7 heteroatoms. The van der Waals surface area contributed by atoms with Gasteiger partial charge in [0.1, 0.15) is 5.82 Å². The maximum atomic E-state index is 13.5. The Morgan fingerprint density at radius 3 is 2.50 bits per heavy atom. The van der Waals surface area contributed by atoms with E-state index in [1.165, 1.54) is 18.2 Å². The van der Waals surface area contributed by atoms with Crippen LogP contribution in [0.4, 0.5) is 10.1 Å². The number of anilines is 1. The van der Waals surface area contributed by atoms with Crippen molar-refractivity contribution in [2.75, 3.05) is 18.8 Å². The summed E-state index contributed by atoms with van der Waals surface area (Å²) in [5.41, 5.74) is 5.01. The highest BCUT2D eigenvalue weighted by atomic mass is 32.2. The molecule has 112 valence electrons. The van der Waals surface area contributed by atoms with Crippen molar-refractivity contribution in [2.45, 2.75) is 37.7 Å². The molecule has 1 fully saturated rings. The van der Waals surface area contributed by atoms with Gasteiger partial charge in [0.15, 0.2) is 0 Å². The van der Waals surface area contributed by atoms with E-state index in [4.69, 9.17) is 5.73 Å². The smallest absolute Gasteiger partial charge is 0.243 e. The molecule has 0 unspecified atom stereocenters. The number of hydrogen-bond acceptors (Lipinski definition) is 4. The number of halogens is 1. The van der Waals surface area contributed by atoms with Crippen molar-refractivity contribution >= 4 is 15.7 Å². The van der Waals surface area contributed by atoms with Crippen LogP contribution in [0.2, 0.25) is 0 Å². The first kappa shape index (κ1) is 15.2. The minimum Gasteiger partial charge on any atom is -0.396 e. The van der Waals surface area contributed by atoms with Crippen LogP contribution in [-0.4, -0.2) is 36.5 Å². The monoisotopic (exact) mass is 302 g/mol. The molecular weight excluding hydrogens is 283 g/mol. The van der Waals surface area contributed by atoms with E-state index in [2.05, 4.69) is 0 Å². The Hall–Kier alpha value is -1.18. The van der Waals surface area contributed by atoms with E-state index in [0.717, 1.165) is 6.07 Å². The highest BCUT2D eigenvalue weighted by Gasteiger charge is 2.46. The summed E-state index contributed by atoms with van der Waals surface area (Å²) in [5.74, 6) is -0.618. The van der Waals surface area contributed by atoms with Crippen molar-refractivity contribution in [3.63, 3.8) is 0 Å². The lowest BCUT2D eigenvalue weighted by atomic mass is 9.94. The number of aliphatic hydroxyl groups is 1. The lowest BCUT2D eigenvalue weighted by Gasteiger charge is -2.45. The number of nitrogens with zero attached hydrogens (tertiary/aromatic N) is 1. The Morgan fingerprint density at radius 1 is 1.45 bits per heavy atom. The molecule has 0 aliphatic carbocycles. The first-order chi connectivity index (χ1) is 9.12. The molecule has 1 aromatic rings. The van der Waals surface area contributed by atoms with Gasteiger partial charge in [0.05, 0.1) is 16.2 Å². The Labute approximate surface area is 118 Å². The second kappa shape index (κ2) is 4.68. The number of sulfonamides is 1. The third-order valence-corrected chi connectivity index (χ3v) is 5.98. The van der Waals surface area contributed by atoms with Crippen LogP contribution in [0.3, 0.4) is 0 Å². The zero-order valence-electron chi connectivity index (χ0n) is 11.8. The molecular formula is C13H19FN2O3S. The molecule has 3 N–H and O–H groups in total. The molecule has 0 amide bonds. The SMILES string of the molecule is CCC1(O)CN(S(=O)(=O)c2c(C)cc(F)c(N)c2C)C1.